The Bertz CT molecular complexity index is 1610. The summed E-state index contributed by atoms with van der Waals surface area (Å²) in [7, 11) is 3.28. The summed E-state index contributed by atoms with van der Waals surface area (Å²) < 4.78 is 11.1. The van der Waals surface area contributed by atoms with Gasteiger partial charge >= 0.3 is 0 Å². The van der Waals surface area contributed by atoms with Crippen LogP contribution in [0.5, 0.6) is 11.5 Å². The van der Waals surface area contributed by atoms with Crippen molar-refractivity contribution in [2.75, 3.05) is 19.2 Å². The molecular weight excluding hydrogens is 504 g/mol. The second kappa shape index (κ2) is 9.84. The van der Waals surface area contributed by atoms with E-state index in [9.17, 15) is 0 Å². The van der Waals surface area contributed by atoms with Gasteiger partial charge in [-0.2, -0.15) is 5.10 Å². The molecule has 0 saturated carbocycles. The normalized spacial score (nSPS) is 15.2. The molecule has 0 radical (unpaired) electrons. The number of aromatic nitrogens is 2. The number of nitrogens with zero attached hydrogens (tertiary/aromatic N) is 4. The zero-order valence-electron chi connectivity index (χ0n) is 20.3. The number of ether oxygens (including phenoxy) is 2. The Balaban J connectivity index is 1.53. The molecule has 0 saturated heterocycles. The highest BCUT2D eigenvalue weighted by Gasteiger charge is 2.33. The van der Waals surface area contributed by atoms with Crippen molar-refractivity contribution in [1.82, 2.24) is 9.97 Å². The molecule has 0 aliphatic carbocycles. The van der Waals surface area contributed by atoms with E-state index in [2.05, 4.69) is 11.4 Å². The molecule has 8 heteroatoms. The lowest BCUT2D eigenvalue weighted by Gasteiger charge is -2.23. The first-order valence-corrected chi connectivity index (χ1v) is 13.1. The Morgan fingerprint density at radius 1 is 0.892 bits per heavy atom. The van der Waals surface area contributed by atoms with Gasteiger partial charge in [0, 0.05) is 22.4 Å². The molecule has 0 unspecified atom stereocenters. The van der Waals surface area contributed by atoms with Crippen molar-refractivity contribution in [3.63, 3.8) is 0 Å². The fourth-order valence-corrected chi connectivity index (χ4v) is 5.51. The van der Waals surface area contributed by atoms with E-state index in [1.54, 1.807) is 25.6 Å². The summed E-state index contributed by atoms with van der Waals surface area (Å²) in [4.78, 5) is 11.1. The minimum Gasteiger partial charge on any atom is -0.493 e. The highest BCUT2D eigenvalue weighted by molar-refractivity contribution is 7.12. The number of hydrazone groups is 1. The van der Waals surface area contributed by atoms with Crippen molar-refractivity contribution in [1.29, 1.82) is 0 Å². The Kier molecular flexibility index (Phi) is 6.24. The molecule has 0 fully saturated rings. The minimum atomic E-state index is -0.120. The van der Waals surface area contributed by atoms with Crippen LogP contribution in [0.4, 0.5) is 5.95 Å². The van der Waals surface area contributed by atoms with Gasteiger partial charge in [0.05, 0.1) is 42.1 Å². The molecule has 1 aliphatic rings. The van der Waals surface area contributed by atoms with Gasteiger partial charge in [0.15, 0.2) is 11.5 Å². The third kappa shape index (κ3) is 4.41. The molecule has 0 spiro atoms. The van der Waals surface area contributed by atoms with Crippen molar-refractivity contribution in [2.45, 2.75) is 12.5 Å². The number of halogens is 1. The Morgan fingerprint density at radius 3 is 2.49 bits per heavy atom. The lowest BCUT2D eigenvalue weighted by molar-refractivity contribution is 0.354. The van der Waals surface area contributed by atoms with Crippen LogP contribution in [0.2, 0.25) is 5.02 Å². The molecule has 37 heavy (non-hydrogen) atoms. The van der Waals surface area contributed by atoms with Crippen LogP contribution < -0.4 is 14.5 Å². The molecule has 0 bridgehead atoms. The number of benzene rings is 3. The van der Waals surface area contributed by atoms with E-state index in [4.69, 9.17) is 36.1 Å². The van der Waals surface area contributed by atoms with Crippen LogP contribution in [0.1, 0.15) is 22.9 Å². The highest BCUT2D eigenvalue weighted by atomic mass is 35.5. The highest BCUT2D eigenvalue weighted by Crippen LogP contribution is 2.40. The summed E-state index contributed by atoms with van der Waals surface area (Å²) >= 11 is 8.04. The van der Waals surface area contributed by atoms with E-state index in [0.29, 0.717) is 28.9 Å². The van der Waals surface area contributed by atoms with Gasteiger partial charge in [-0.3, -0.25) is 0 Å². The lowest BCUT2D eigenvalue weighted by atomic mass is 10.0. The fourth-order valence-electron chi connectivity index (χ4n) is 4.61. The third-order valence-corrected chi connectivity index (χ3v) is 7.56. The van der Waals surface area contributed by atoms with Crippen molar-refractivity contribution in [2.24, 2.45) is 5.10 Å². The topological polar surface area (TPSA) is 59.8 Å². The van der Waals surface area contributed by atoms with E-state index in [0.717, 1.165) is 38.3 Å². The average molecular weight is 527 g/mol. The first-order chi connectivity index (χ1) is 18.1. The number of anilines is 1. The van der Waals surface area contributed by atoms with Gasteiger partial charge in [-0.15, -0.1) is 11.3 Å². The largest absolute Gasteiger partial charge is 0.493 e. The maximum atomic E-state index is 6.37. The lowest BCUT2D eigenvalue weighted by Crippen LogP contribution is -2.21. The number of methoxy groups -OCH3 is 2. The number of rotatable bonds is 6. The molecule has 184 valence electrons. The van der Waals surface area contributed by atoms with Crippen molar-refractivity contribution in [3.05, 3.63) is 99.7 Å². The number of hydrogen-bond acceptors (Lipinski definition) is 7. The van der Waals surface area contributed by atoms with Gasteiger partial charge in [0.2, 0.25) is 5.95 Å². The minimum absolute atomic E-state index is 0.120. The maximum Gasteiger partial charge on any atom is 0.247 e. The van der Waals surface area contributed by atoms with Gasteiger partial charge in [0.25, 0.3) is 0 Å². The number of hydrogen-bond donors (Lipinski definition) is 0. The molecule has 0 amide bonds. The summed E-state index contributed by atoms with van der Waals surface area (Å²) in [6, 6.07) is 25.8. The molecule has 5 aromatic rings. The predicted octanol–water partition coefficient (Wildman–Crippen LogP) is 7.38. The van der Waals surface area contributed by atoms with Gasteiger partial charge < -0.3 is 9.47 Å². The molecule has 6 nitrogen and oxygen atoms in total. The fraction of sp³-hybridized carbons (Fsp3) is 0.138. The summed E-state index contributed by atoms with van der Waals surface area (Å²) in [5.74, 6) is 1.88. The van der Waals surface area contributed by atoms with Gasteiger partial charge in [0.1, 0.15) is 0 Å². The smallest absolute Gasteiger partial charge is 0.247 e. The summed E-state index contributed by atoms with van der Waals surface area (Å²) in [5, 5.41) is 10.6. The van der Waals surface area contributed by atoms with Crippen LogP contribution in [0, 0.1) is 0 Å². The molecule has 6 rings (SSSR count). The van der Waals surface area contributed by atoms with E-state index < -0.39 is 0 Å². The SMILES string of the molecule is COc1ccc([C@@H]2CC(c3cccs3)=NN2c2nc(-c3ccccc3)c3cc(Cl)ccc3n2)cc1OC. The van der Waals surface area contributed by atoms with Crippen LogP contribution in [0.3, 0.4) is 0 Å². The molecular formula is C29H23ClN4O2S. The van der Waals surface area contributed by atoms with Crippen LogP contribution in [0.25, 0.3) is 22.2 Å². The van der Waals surface area contributed by atoms with E-state index in [1.165, 1.54) is 0 Å². The molecule has 2 aromatic heterocycles. The second-order valence-corrected chi connectivity index (χ2v) is 9.99. The van der Waals surface area contributed by atoms with Crippen LogP contribution in [0.15, 0.2) is 89.3 Å². The number of thiophene rings is 1. The summed E-state index contributed by atoms with van der Waals surface area (Å²) in [6.07, 6.45) is 0.707. The Labute approximate surface area is 223 Å². The van der Waals surface area contributed by atoms with Crippen molar-refractivity contribution in [3.8, 4) is 22.8 Å². The zero-order valence-corrected chi connectivity index (χ0v) is 21.8. The van der Waals surface area contributed by atoms with Crippen molar-refractivity contribution < 1.29 is 9.47 Å². The van der Waals surface area contributed by atoms with E-state index >= 15 is 0 Å². The molecule has 3 aromatic carbocycles. The quantitative estimate of drug-likeness (QED) is 0.231. The second-order valence-electron chi connectivity index (χ2n) is 8.60. The van der Waals surface area contributed by atoms with Crippen LogP contribution >= 0.6 is 22.9 Å². The van der Waals surface area contributed by atoms with Gasteiger partial charge in [-0.1, -0.05) is 54.1 Å². The number of fused-ring (bicyclic) bond motifs is 1. The Morgan fingerprint density at radius 2 is 1.73 bits per heavy atom. The maximum absolute atomic E-state index is 6.37. The molecule has 0 N–H and O–H groups in total. The summed E-state index contributed by atoms with van der Waals surface area (Å²) in [6.45, 7) is 0. The first-order valence-electron chi connectivity index (χ1n) is 11.8. The van der Waals surface area contributed by atoms with Gasteiger partial charge in [-0.25, -0.2) is 15.0 Å². The molecule has 1 atom stereocenters. The van der Waals surface area contributed by atoms with Crippen LogP contribution in [-0.2, 0) is 0 Å². The third-order valence-electron chi connectivity index (χ3n) is 6.41. The average Bonchev–Trinajstić information content (AvgIpc) is 3.63. The Hall–Kier alpha value is -3.94. The van der Waals surface area contributed by atoms with Gasteiger partial charge in [-0.05, 0) is 47.3 Å². The van der Waals surface area contributed by atoms with Crippen molar-refractivity contribution >= 4 is 45.5 Å². The van der Waals surface area contributed by atoms with Crippen LogP contribution in [-0.4, -0.2) is 29.9 Å². The standard InChI is InChI=1S/C29H23ClN4O2S/c1-35-25-13-10-19(15-26(25)36-2)24-17-23(27-9-6-14-37-27)33-34(24)29-31-22-12-11-20(30)16-21(22)28(32-29)18-7-4-3-5-8-18/h3-16,24H,17H2,1-2H3/t24-/m0/s1. The first kappa shape index (κ1) is 23.5. The predicted molar refractivity (Wildman–Crippen MR) is 150 cm³/mol. The molecule has 1 aliphatic heterocycles. The van der Waals surface area contributed by atoms with E-state index in [1.807, 2.05) is 77.8 Å². The molecule has 3 heterocycles. The van der Waals surface area contributed by atoms with E-state index in [-0.39, 0.29) is 6.04 Å². The monoisotopic (exact) mass is 526 g/mol. The zero-order chi connectivity index (χ0) is 25.4. The summed E-state index contributed by atoms with van der Waals surface area (Å²) in [5.41, 5.74) is 4.64.